The monoisotopic (exact) mass is 936 g/mol. The molecule has 0 aliphatic carbocycles. The second kappa shape index (κ2) is 16.2. The molecule has 10 aromatic rings. The molecule has 0 aliphatic heterocycles. The summed E-state index contributed by atoms with van der Waals surface area (Å²) in [5, 5.41) is 5.20. The van der Waals surface area contributed by atoms with E-state index >= 15 is 0 Å². The van der Waals surface area contributed by atoms with Crippen molar-refractivity contribution in [2.24, 2.45) is 0 Å². The van der Waals surface area contributed by atoms with Gasteiger partial charge in [0.25, 0.3) is 0 Å². The summed E-state index contributed by atoms with van der Waals surface area (Å²) in [5.41, 5.74) is 11.2. The molecule has 0 radical (unpaired) electrons. The third kappa shape index (κ3) is 7.54. The van der Waals surface area contributed by atoms with Gasteiger partial charge >= 0.3 is 0 Å². The lowest BCUT2D eigenvalue weighted by Crippen LogP contribution is -1.92. The van der Waals surface area contributed by atoms with Crippen LogP contribution >= 0.6 is 54.5 Å². The second-order valence-electron chi connectivity index (χ2n) is 13.1. The van der Waals surface area contributed by atoms with Crippen LogP contribution in [0.3, 0.4) is 0 Å². The van der Waals surface area contributed by atoms with E-state index in [0.29, 0.717) is 0 Å². The van der Waals surface area contributed by atoms with Gasteiger partial charge < -0.3 is 9.13 Å². The maximum atomic E-state index is 3.52. The number of fused-ring (bicyclic) bond motifs is 6. The molecule has 2 heterocycles. The van der Waals surface area contributed by atoms with Gasteiger partial charge in [-0.3, -0.25) is 0 Å². The van der Waals surface area contributed by atoms with E-state index < -0.39 is 0 Å². The SMILES string of the molecule is Brc1ccc(-c2ccc3c(c2)c2ccccc2n3-c2ccccc2)cc1.Brc1ccc(I)cc1.Cc1ccc2c(c1)c1ccccc1n2-c1ccccc1. The maximum absolute atomic E-state index is 3.52. The highest BCUT2D eigenvalue weighted by atomic mass is 127. The van der Waals surface area contributed by atoms with E-state index in [1.807, 2.05) is 12.1 Å². The summed E-state index contributed by atoms with van der Waals surface area (Å²) in [6, 6.07) is 68.4. The largest absolute Gasteiger partial charge is 0.309 e. The molecule has 0 unspecified atom stereocenters. The lowest BCUT2D eigenvalue weighted by atomic mass is 10.0. The van der Waals surface area contributed by atoms with Crippen LogP contribution in [0, 0.1) is 10.5 Å². The molecule has 8 aromatic carbocycles. The minimum absolute atomic E-state index is 1.10. The Kier molecular flexibility index (Phi) is 10.8. The van der Waals surface area contributed by atoms with E-state index in [0.717, 1.165) is 8.95 Å². The van der Waals surface area contributed by atoms with Gasteiger partial charge in [0.2, 0.25) is 0 Å². The van der Waals surface area contributed by atoms with Crippen molar-refractivity contribution < 1.29 is 0 Å². The number of para-hydroxylation sites is 4. The summed E-state index contributed by atoms with van der Waals surface area (Å²) in [6.45, 7) is 2.15. The molecule has 0 N–H and O–H groups in total. The van der Waals surface area contributed by atoms with Crippen LogP contribution in [0.1, 0.15) is 5.56 Å². The Morgan fingerprint density at radius 1 is 0.370 bits per heavy atom. The lowest BCUT2D eigenvalue weighted by Gasteiger charge is -2.08. The molecule has 0 saturated carbocycles. The number of rotatable bonds is 3. The molecular weight excluding hydrogens is 903 g/mol. The van der Waals surface area contributed by atoms with Crippen molar-refractivity contribution in [3.05, 3.63) is 212 Å². The quantitative estimate of drug-likeness (QED) is 0.156. The minimum Gasteiger partial charge on any atom is -0.309 e. The number of hydrogen-bond donors (Lipinski definition) is 0. The van der Waals surface area contributed by atoms with Crippen LogP contribution in [-0.4, -0.2) is 9.13 Å². The molecule has 0 amide bonds. The molecule has 0 spiro atoms. The van der Waals surface area contributed by atoms with Gasteiger partial charge in [-0.15, -0.1) is 0 Å². The molecule has 0 fully saturated rings. The van der Waals surface area contributed by atoms with E-state index in [1.54, 1.807) is 0 Å². The van der Waals surface area contributed by atoms with Crippen molar-refractivity contribution in [1.29, 1.82) is 0 Å². The van der Waals surface area contributed by atoms with E-state index in [-0.39, 0.29) is 0 Å². The van der Waals surface area contributed by atoms with Crippen molar-refractivity contribution in [2.45, 2.75) is 6.92 Å². The number of aryl methyl sites for hydroxylation is 1. The van der Waals surface area contributed by atoms with Gasteiger partial charge in [-0.05, 0) is 138 Å². The van der Waals surface area contributed by atoms with Crippen LogP contribution in [0.15, 0.2) is 203 Å². The predicted octanol–water partition coefficient (Wildman–Crippen LogP) is 15.4. The van der Waals surface area contributed by atoms with Crippen molar-refractivity contribution in [3.63, 3.8) is 0 Å². The van der Waals surface area contributed by atoms with E-state index in [1.165, 1.54) is 75.2 Å². The van der Waals surface area contributed by atoms with Crippen LogP contribution in [0.4, 0.5) is 0 Å². The third-order valence-corrected chi connectivity index (χ3v) is 11.3. The fourth-order valence-electron chi connectivity index (χ4n) is 7.02. The van der Waals surface area contributed by atoms with Gasteiger partial charge in [0, 0.05) is 45.4 Å². The van der Waals surface area contributed by atoms with Gasteiger partial charge in [-0.25, -0.2) is 0 Å². The van der Waals surface area contributed by atoms with Crippen molar-refractivity contribution in [2.75, 3.05) is 0 Å². The molecule has 0 aliphatic rings. The summed E-state index contributed by atoms with van der Waals surface area (Å²) in [5.74, 6) is 0. The highest BCUT2D eigenvalue weighted by molar-refractivity contribution is 14.1. The fraction of sp³-hybridized carbons (Fsp3) is 0.0204. The van der Waals surface area contributed by atoms with Crippen molar-refractivity contribution in [3.8, 4) is 22.5 Å². The molecule has 5 heteroatoms. The van der Waals surface area contributed by atoms with Gasteiger partial charge in [0.15, 0.2) is 0 Å². The standard InChI is InChI=1S/C24H16BrN.C19H15N.C6H4BrI/c25-19-13-10-17(11-14-19)18-12-15-24-22(16-18)21-8-4-5-9-23(21)26(24)20-6-2-1-3-7-20;1-14-11-12-19-17(13-14)16-9-5-6-10-18(16)20(19)15-7-3-2-4-8-15;7-5-1-3-6(8)4-2-5/h1-16H;2-13H,1H3;1-4H. The first-order valence-corrected chi connectivity index (χ1v) is 20.4. The van der Waals surface area contributed by atoms with Crippen molar-refractivity contribution >= 4 is 98.1 Å². The Morgan fingerprint density at radius 2 is 0.778 bits per heavy atom. The minimum atomic E-state index is 1.10. The number of nitrogens with zero attached hydrogens (tertiary/aromatic N) is 2. The summed E-state index contributed by atoms with van der Waals surface area (Å²) in [4.78, 5) is 0. The molecule has 0 saturated heterocycles. The molecule has 2 nitrogen and oxygen atoms in total. The molecule has 0 atom stereocenters. The first-order chi connectivity index (χ1) is 26.4. The smallest absolute Gasteiger partial charge is 0.0541 e. The summed E-state index contributed by atoms with van der Waals surface area (Å²) >= 11 is 9.13. The number of aromatic nitrogens is 2. The Labute approximate surface area is 346 Å². The molecular formula is C49H35Br2IN2. The number of halogens is 3. The zero-order valence-electron chi connectivity index (χ0n) is 29.5. The first kappa shape index (κ1) is 36.0. The van der Waals surface area contributed by atoms with Crippen molar-refractivity contribution in [1.82, 2.24) is 9.13 Å². The number of hydrogen-bond acceptors (Lipinski definition) is 0. The van der Waals surface area contributed by atoms with E-state index in [4.69, 9.17) is 0 Å². The van der Waals surface area contributed by atoms with Crippen LogP contribution in [0.2, 0.25) is 0 Å². The lowest BCUT2D eigenvalue weighted by molar-refractivity contribution is 1.18. The zero-order valence-corrected chi connectivity index (χ0v) is 34.8. The topological polar surface area (TPSA) is 9.86 Å². The third-order valence-electron chi connectivity index (χ3n) is 9.51. The average molecular weight is 939 g/mol. The normalized spacial score (nSPS) is 11.0. The summed E-state index contributed by atoms with van der Waals surface area (Å²) < 4.78 is 8.19. The zero-order chi connectivity index (χ0) is 37.0. The fourth-order valence-corrected chi connectivity index (χ4v) is 7.91. The number of benzene rings is 8. The van der Waals surface area contributed by atoms with Crippen LogP contribution < -0.4 is 0 Å². The van der Waals surface area contributed by atoms with Gasteiger partial charge in [-0.1, -0.05) is 134 Å². The molecule has 262 valence electrons. The van der Waals surface area contributed by atoms with E-state index in [9.17, 15) is 0 Å². The van der Waals surface area contributed by atoms with Crippen LogP contribution in [-0.2, 0) is 0 Å². The molecule has 2 aromatic heterocycles. The Bertz CT molecular complexity index is 2820. The molecule has 10 rings (SSSR count). The molecule has 54 heavy (non-hydrogen) atoms. The maximum Gasteiger partial charge on any atom is 0.0541 e. The highest BCUT2D eigenvalue weighted by Gasteiger charge is 2.13. The van der Waals surface area contributed by atoms with E-state index in [2.05, 4.69) is 252 Å². The van der Waals surface area contributed by atoms with Gasteiger partial charge in [0.05, 0.1) is 22.1 Å². The predicted molar refractivity (Wildman–Crippen MR) is 246 cm³/mol. The van der Waals surface area contributed by atoms with Crippen LogP contribution in [0.25, 0.3) is 66.1 Å². The Balaban J connectivity index is 0.000000130. The van der Waals surface area contributed by atoms with Crippen LogP contribution in [0.5, 0.6) is 0 Å². The molecule has 0 bridgehead atoms. The Hall–Kier alpha value is -4.95. The summed E-state index contributed by atoms with van der Waals surface area (Å²) in [6.07, 6.45) is 0. The van der Waals surface area contributed by atoms with Gasteiger partial charge in [-0.2, -0.15) is 0 Å². The Morgan fingerprint density at radius 3 is 1.30 bits per heavy atom. The first-order valence-electron chi connectivity index (χ1n) is 17.8. The van der Waals surface area contributed by atoms with Gasteiger partial charge in [0.1, 0.15) is 0 Å². The second-order valence-corrected chi connectivity index (χ2v) is 16.1. The highest BCUT2D eigenvalue weighted by Crippen LogP contribution is 2.35. The summed E-state index contributed by atoms with van der Waals surface area (Å²) in [7, 11) is 0. The average Bonchev–Trinajstić information content (AvgIpc) is 3.73.